The minimum atomic E-state index is 0. The first kappa shape index (κ1) is 23.3. The van der Waals surface area contributed by atoms with E-state index in [-0.39, 0.29) is 30.1 Å². The van der Waals surface area contributed by atoms with Crippen molar-refractivity contribution in [3.8, 4) is 11.5 Å². The Kier molecular flexibility index (Phi) is 9.57. The fourth-order valence-electron chi connectivity index (χ4n) is 3.62. The molecule has 0 radical (unpaired) electrons. The largest absolute Gasteiger partial charge is 0.496 e. The Morgan fingerprint density at radius 2 is 1.86 bits per heavy atom. The summed E-state index contributed by atoms with van der Waals surface area (Å²) in [5.41, 5.74) is 2.47. The molecule has 1 aliphatic heterocycles. The molecule has 1 fully saturated rings. The van der Waals surface area contributed by atoms with E-state index < -0.39 is 0 Å². The molecule has 158 valence electrons. The number of guanidine groups is 1. The first-order valence-electron chi connectivity index (χ1n) is 10.0. The van der Waals surface area contributed by atoms with Gasteiger partial charge in [0, 0.05) is 39.5 Å². The maximum Gasteiger partial charge on any atom is 0.193 e. The quantitative estimate of drug-likeness (QED) is 0.359. The molecule has 6 heteroatoms. The minimum absolute atomic E-state index is 0. The summed E-state index contributed by atoms with van der Waals surface area (Å²) in [5.74, 6) is 2.86. The number of para-hydroxylation sites is 1. The van der Waals surface area contributed by atoms with Gasteiger partial charge in [-0.15, -0.1) is 24.0 Å². The van der Waals surface area contributed by atoms with Crippen molar-refractivity contribution in [3.05, 3.63) is 59.7 Å². The Morgan fingerprint density at radius 3 is 2.52 bits per heavy atom. The number of ether oxygens (including phenoxy) is 2. The van der Waals surface area contributed by atoms with Gasteiger partial charge in [0.05, 0.1) is 7.11 Å². The number of hydrogen-bond donors (Lipinski definition) is 1. The van der Waals surface area contributed by atoms with E-state index in [1.807, 2.05) is 43.4 Å². The van der Waals surface area contributed by atoms with Crippen LogP contribution >= 0.6 is 24.0 Å². The van der Waals surface area contributed by atoms with Crippen LogP contribution in [0.1, 0.15) is 24.0 Å². The molecule has 0 aromatic heterocycles. The van der Waals surface area contributed by atoms with Crippen molar-refractivity contribution in [1.29, 1.82) is 0 Å². The maximum absolute atomic E-state index is 6.09. The molecular weight excluding hydrogens is 477 g/mol. The molecule has 0 amide bonds. The Bertz CT molecular complexity index is 775. The molecule has 2 aromatic carbocycles. The van der Waals surface area contributed by atoms with Crippen molar-refractivity contribution in [2.45, 2.75) is 32.3 Å². The lowest BCUT2D eigenvalue weighted by Gasteiger charge is -2.34. The number of methoxy groups -OCH3 is 1. The van der Waals surface area contributed by atoms with Crippen LogP contribution < -0.4 is 14.8 Å². The molecule has 1 heterocycles. The fourth-order valence-corrected chi connectivity index (χ4v) is 3.62. The summed E-state index contributed by atoms with van der Waals surface area (Å²) in [6, 6.07) is 16.4. The minimum Gasteiger partial charge on any atom is -0.496 e. The fraction of sp³-hybridized carbons (Fsp3) is 0.435. The van der Waals surface area contributed by atoms with Crippen molar-refractivity contribution in [3.63, 3.8) is 0 Å². The zero-order chi connectivity index (χ0) is 19.8. The van der Waals surface area contributed by atoms with Crippen LogP contribution in [0.25, 0.3) is 0 Å². The van der Waals surface area contributed by atoms with E-state index in [1.165, 1.54) is 11.1 Å². The Balaban J connectivity index is 0.00000300. The first-order chi connectivity index (χ1) is 13.7. The lowest BCUT2D eigenvalue weighted by molar-refractivity contribution is 0.129. The molecule has 0 aliphatic carbocycles. The van der Waals surface area contributed by atoms with Crippen LogP contribution in [0.5, 0.6) is 11.5 Å². The van der Waals surface area contributed by atoms with Gasteiger partial charge in [0.1, 0.15) is 17.6 Å². The monoisotopic (exact) mass is 509 g/mol. The highest BCUT2D eigenvalue weighted by molar-refractivity contribution is 14.0. The number of benzene rings is 2. The number of aliphatic imine (C=N–C) groups is 1. The summed E-state index contributed by atoms with van der Waals surface area (Å²) < 4.78 is 11.6. The van der Waals surface area contributed by atoms with Gasteiger partial charge in [0.2, 0.25) is 0 Å². The third-order valence-electron chi connectivity index (χ3n) is 5.11. The maximum atomic E-state index is 6.09. The average molecular weight is 509 g/mol. The van der Waals surface area contributed by atoms with E-state index in [1.54, 1.807) is 7.11 Å². The highest BCUT2D eigenvalue weighted by Gasteiger charge is 2.22. The van der Waals surface area contributed by atoms with E-state index in [0.717, 1.165) is 56.4 Å². The van der Waals surface area contributed by atoms with Crippen LogP contribution in [0.2, 0.25) is 0 Å². The lowest BCUT2D eigenvalue weighted by Crippen LogP contribution is -2.47. The number of halogens is 1. The predicted molar refractivity (Wildman–Crippen MR) is 130 cm³/mol. The van der Waals surface area contributed by atoms with Crippen LogP contribution in [-0.4, -0.2) is 50.8 Å². The van der Waals surface area contributed by atoms with E-state index in [4.69, 9.17) is 9.47 Å². The van der Waals surface area contributed by atoms with E-state index in [0.29, 0.717) is 0 Å². The van der Waals surface area contributed by atoms with Crippen LogP contribution in [-0.2, 0) is 6.42 Å². The molecule has 0 unspecified atom stereocenters. The summed E-state index contributed by atoms with van der Waals surface area (Å²) in [5, 5.41) is 3.50. The summed E-state index contributed by atoms with van der Waals surface area (Å²) >= 11 is 0. The van der Waals surface area contributed by atoms with Gasteiger partial charge in [0.15, 0.2) is 5.96 Å². The topological polar surface area (TPSA) is 46.1 Å². The smallest absolute Gasteiger partial charge is 0.193 e. The second-order valence-electron chi connectivity index (χ2n) is 7.16. The Hall–Kier alpha value is -1.96. The normalized spacial score (nSPS) is 14.9. The number of hydrogen-bond acceptors (Lipinski definition) is 3. The van der Waals surface area contributed by atoms with Crippen LogP contribution in [0.4, 0.5) is 0 Å². The van der Waals surface area contributed by atoms with E-state index in [9.17, 15) is 0 Å². The summed E-state index contributed by atoms with van der Waals surface area (Å²) in [4.78, 5) is 6.79. The number of nitrogens with one attached hydrogen (secondary N) is 1. The molecule has 0 bridgehead atoms. The Morgan fingerprint density at radius 1 is 1.14 bits per heavy atom. The second kappa shape index (κ2) is 11.9. The molecule has 2 aromatic rings. The third-order valence-corrected chi connectivity index (χ3v) is 5.11. The first-order valence-corrected chi connectivity index (χ1v) is 10.0. The van der Waals surface area contributed by atoms with E-state index >= 15 is 0 Å². The molecule has 29 heavy (non-hydrogen) atoms. The number of likely N-dealkylation sites (tertiary alicyclic amines) is 1. The third kappa shape index (κ3) is 6.80. The second-order valence-corrected chi connectivity index (χ2v) is 7.16. The van der Waals surface area contributed by atoms with Gasteiger partial charge >= 0.3 is 0 Å². The molecule has 0 atom stereocenters. The van der Waals surface area contributed by atoms with Crippen molar-refractivity contribution < 1.29 is 9.47 Å². The summed E-state index contributed by atoms with van der Waals surface area (Å²) in [6.45, 7) is 4.83. The van der Waals surface area contributed by atoms with Crippen LogP contribution in [0.3, 0.4) is 0 Å². The van der Waals surface area contributed by atoms with Crippen molar-refractivity contribution in [2.75, 3.05) is 33.8 Å². The van der Waals surface area contributed by atoms with Crippen LogP contribution in [0.15, 0.2) is 53.5 Å². The van der Waals surface area contributed by atoms with Gasteiger partial charge in [-0.25, -0.2) is 0 Å². The predicted octanol–water partition coefficient (Wildman–Crippen LogP) is 4.28. The molecule has 1 saturated heterocycles. The van der Waals surface area contributed by atoms with Crippen molar-refractivity contribution in [1.82, 2.24) is 10.2 Å². The molecule has 1 aliphatic rings. The van der Waals surface area contributed by atoms with Crippen molar-refractivity contribution in [2.24, 2.45) is 4.99 Å². The van der Waals surface area contributed by atoms with Gasteiger partial charge in [-0.3, -0.25) is 4.99 Å². The van der Waals surface area contributed by atoms with Gasteiger partial charge in [0.25, 0.3) is 0 Å². The highest BCUT2D eigenvalue weighted by Crippen LogP contribution is 2.20. The lowest BCUT2D eigenvalue weighted by atomic mass is 10.1. The average Bonchev–Trinajstić information content (AvgIpc) is 2.73. The molecule has 3 rings (SSSR count). The molecule has 1 N–H and O–H groups in total. The van der Waals surface area contributed by atoms with Gasteiger partial charge < -0.3 is 19.7 Å². The van der Waals surface area contributed by atoms with Gasteiger partial charge in [-0.2, -0.15) is 0 Å². The zero-order valence-corrected chi connectivity index (χ0v) is 19.9. The SMILES string of the molecule is CN=C(NCCc1cc(C)ccc1OC)N1CCC(Oc2ccccc2)CC1.I. The number of piperidine rings is 1. The number of rotatable bonds is 6. The molecule has 0 spiro atoms. The number of nitrogens with zero attached hydrogens (tertiary/aromatic N) is 2. The molecular formula is C23H32IN3O2. The van der Waals surface area contributed by atoms with E-state index in [2.05, 4.69) is 34.3 Å². The Labute approximate surface area is 191 Å². The summed E-state index contributed by atoms with van der Waals surface area (Å²) in [6.07, 6.45) is 3.17. The standard InChI is InChI=1S/C23H31N3O2.HI/c1-18-9-10-22(27-3)19(17-18)11-14-25-23(24-2)26-15-12-21(13-16-26)28-20-7-5-4-6-8-20;/h4-10,17,21H,11-16H2,1-3H3,(H,24,25);1H. The van der Waals surface area contributed by atoms with Gasteiger partial charge in [-0.05, 0) is 37.1 Å². The van der Waals surface area contributed by atoms with Gasteiger partial charge in [-0.1, -0.05) is 35.9 Å². The summed E-state index contributed by atoms with van der Waals surface area (Å²) in [7, 11) is 3.57. The zero-order valence-electron chi connectivity index (χ0n) is 17.6. The highest BCUT2D eigenvalue weighted by atomic mass is 127. The molecule has 5 nitrogen and oxygen atoms in total. The number of aryl methyl sites for hydroxylation is 1. The molecule has 0 saturated carbocycles. The van der Waals surface area contributed by atoms with Crippen LogP contribution in [0, 0.1) is 6.92 Å². The van der Waals surface area contributed by atoms with Crippen molar-refractivity contribution >= 4 is 29.9 Å².